The highest BCUT2D eigenvalue weighted by atomic mass is 35.5. The highest BCUT2D eigenvalue weighted by Gasteiger charge is 2.34. The molecule has 1 fully saturated rings. The summed E-state index contributed by atoms with van der Waals surface area (Å²) in [6, 6.07) is 2.36. The predicted molar refractivity (Wildman–Crippen MR) is 81.7 cm³/mol. The molecule has 1 aromatic carbocycles. The van der Waals surface area contributed by atoms with Crippen LogP contribution in [0.25, 0.3) is 0 Å². The molecule has 0 spiro atoms. The number of benzene rings is 1. The summed E-state index contributed by atoms with van der Waals surface area (Å²) in [6.45, 7) is 3.18. The summed E-state index contributed by atoms with van der Waals surface area (Å²) >= 11 is 5.53. The Morgan fingerprint density at radius 3 is 2.79 bits per heavy atom. The lowest BCUT2D eigenvalue weighted by Crippen LogP contribution is -2.50. The van der Waals surface area contributed by atoms with Gasteiger partial charge in [-0.3, -0.25) is 14.5 Å². The highest BCUT2D eigenvalue weighted by molar-refractivity contribution is 6.31. The minimum atomic E-state index is -4.62. The third-order valence-electron chi connectivity index (χ3n) is 3.68. The number of nitrogens with one attached hydrogen (secondary N) is 1. The Morgan fingerprint density at radius 1 is 1.46 bits per heavy atom. The van der Waals surface area contributed by atoms with Crippen molar-refractivity contribution in [3.63, 3.8) is 0 Å². The fourth-order valence-corrected chi connectivity index (χ4v) is 2.69. The third-order valence-corrected chi connectivity index (χ3v) is 4.01. The second-order valence-electron chi connectivity index (χ2n) is 5.26. The number of rotatable bonds is 4. The second-order valence-corrected chi connectivity index (χ2v) is 5.66. The first kappa shape index (κ1) is 18.5. The number of morpholine rings is 1. The van der Waals surface area contributed by atoms with Gasteiger partial charge in [0.1, 0.15) is 12.6 Å². The number of amides is 1. The Balaban J connectivity index is 2.08. The van der Waals surface area contributed by atoms with Crippen molar-refractivity contribution in [2.24, 2.45) is 0 Å². The van der Waals surface area contributed by atoms with Crippen LogP contribution in [-0.2, 0) is 20.5 Å². The maximum Gasteiger partial charge on any atom is 0.417 e. The van der Waals surface area contributed by atoms with Crippen molar-refractivity contribution in [3.05, 3.63) is 28.8 Å². The van der Waals surface area contributed by atoms with Crippen LogP contribution >= 0.6 is 11.6 Å². The van der Waals surface area contributed by atoms with Crippen molar-refractivity contribution in [3.8, 4) is 0 Å². The standard InChI is InChI=1S/C15H16ClF3N2O3/c1-2-21-5-6-24-14(23)12(21)8-13(22)20-9-3-4-11(16)10(7-9)15(17,18)19/h3-4,7,12H,2,5-6,8H2,1H3,(H,20,22)/t12-/m1/s1. The summed E-state index contributed by atoms with van der Waals surface area (Å²) in [4.78, 5) is 25.6. The molecular weight excluding hydrogens is 349 g/mol. The molecule has 0 aromatic heterocycles. The molecule has 1 saturated heterocycles. The van der Waals surface area contributed by atoms with E-state index in [9.17, 15) is 22.8 Å². The highest BCUT2D eigenvalue weighted by Crippen LogP contribution is 2.36. The fourth-order valence-electron chi connectivity index (χ4n) is 2.46. The number of nitrogens with zero attached hydrogens (tertiary/aromatic N) is 1. The molecule has 24 heavy (non-hydrogen) atoms. The summed E-state index contributed by atoms with van der Waals surface area (Å²) in [6.07, 6.45) is -4.82. The van der Waals surface area contributed by atoms with Crippen LogP contribution in [0, 0.1) is 0 Å². The molecule has 1 aromatic rings. The van der Waals surface area contributed by atoms with Crippen molar-refractivity contribution in [1.82, 2.24) is 4.90 Å². The number of esters is 1. The monoisotopic (exact) mass is 364 g/mol. The van der Waals surface area contributed by atoms with Gasteiger partial charge in [0.15, 0.2) is 0 Å². The Morgan fingerprint density at radius 2 is 2.17 bits per heavy atom. The number of hydrogen-bond acceptors (Lipinski definition) is 4. The van der Waals surface area contributed by atoms with Crippen LogP contribution in [-0.4, -0.2) is 42.5 Å². The van der Waals surface area contributed by atoms with Crippen LogP contribution in [0.15, 0.2) is 18.2 Å². The minimum Gasteiger partial charge on any atom is -0.463 e. The van der Waals surface area contributed by atoms with Gasteiger partial charge in [0.25, 0.3) is 0 Å². The van der Waals surface area contributed by atoms with E-state index in [1.165, 1.54) is 6.07 Å². The predicted octanol–water partition coefficient (Wildman–Crippen LogP) is 2.93. The molecular formula is C15H16ClF3N2O3. The van der Waals surface area contributed by atoms with E-state index >= 15 is 0 Å². The first-order valence-corrected chi connectivity index (χ1v) is 7.67. The van der Waals surface area contributed by atoms with E-state index in [0.717, 1.165) is 12.1 Å². The number of likely N-dealkylation sites (N-methyl/N-ethyl adjacent to an activating group) is 1. The van der Waals surface area contributed by atoms with E-state index in [2.05, 4.69) is 5.32 Å². The lowest BCUT2D eigenvalue weighted by atomic mass is 10.1. The Bertz CT molecular complexity index is 637. The van der Waals surface area contributed by atoms with Gasteiger partial charge in [0.2, 0.25) is 5.91 Å². The average molecular weight is 365 g/mol. The topological polar surface area (TPSA) is 58.6 Å². The molecule has 9 heteroatoms. The van der Waals surface area contributed by atoms with Crippen molar-refractivity contribution >= 4 is 29.2 Å². The average Bonchev–Trinajstić information content (AvgIpc) is 2.50. The van der Waals surface area contributed by atoms with E-state index in [1.54, 1.807) is 4.90 Å². The molecule has 2 rings (SSSR count). The van der Waals surface area contributed by atoms with Crippen LogP contribution in [0.4, 0.5) is 18.9 Å². The summed E-state index contributed by atoms with van der Waals surface area (Å²) < 4.78 is 43.4. The van der Waals surface area contributed by atoms with E-state index < -0.39 is 34.7 Å². The number of hydrogen-bond donors (Lipinski definition) is 1. The van der Waals surface area contributed by atoms with E-state index in [-0.39, 0.29) is 18.7 Å². The van der Waals surface area contributed by atoms with E-state index in [0.29, 0.717) is 13.1 Å². The molecule has 132 valence electrons. The molecule has 0 radical (unpaired) electrons. The largest absolute Gasteiger partial charge is 0.463 e. The van der Waals surface area contributed by atoms with Gasteiger partial charge in [0.05, 0.1) is 17.0 Å². The zero-order chi connectivity index (χ0) is 17.9. The smallest absolute Gasteiger partial charge is 0.417 e. The van der Waals surface area contributed by atoms with Crippen LogP contribution in [0.2, 0.25) is 5.02 Å². The van der Waals surface area contributed by atoms with Gasteiger partial charge in [0, 0.05) is 12.2 Å². The van der Waals surface area contributed by atoms with Gasteiger partial charge in [-0.15, -0.1) is 0 Å². The number of anilines is 1. The second kappa shape index (κ2) is 7.40. The van der Waals surface area contributed by atoms with Crippen molar-refractivity contribution in [2.45, 2.75) is 25.6 Å². The quantitative estimate of drug-likeness (QED) is 0.835. The van der Waals surface area contributed by atoms with E-state index in [1.807, 2.05) is 6.92 Å². The zero-order valence-corrected chi connectivity index (χ0v) is 13.6. The molecule has 5 nitrogen and oxygen atoms in total. The minimum absolute atomic E-state index is 0.0380. The van der Waals surface area contributed by atoms with Crippen molar-refractivity contribution < 1.29 is 27.5 Å². The summed E-state index contributed by atoms with van der Waals surface area (Å²) in [7, 11) is 0. The molecule has 1 amide bonds. The number of cyclic esters (lactones) is 1. The van der Waals surface area contributed by atoms with Gasteiger partial charge in [-0.05, 0) is 24.7 Å². The normalized spacial score (nSPS) is 19.0. The van der Waals surface area contributed by atoms with Crippen LogP contribution in [0.5, 0.6) is 0 Å². The van der Waals surface area contributed by atoms with Gasteiger partial charge in [-0.2, -0.15) is 13.2 Å². The Kier molecular flexibility index (Phi) is 5.71. The summed E-state index contributed by atoms with van der Waals surface area (Å²) in [5, 5.41) is 1.91. The molecule has 1 atom stereocenters. The number of halogens is 4. The van der Waals surface area contributed by atoms with Crippen LogP contribution in [0.3, 0.4) is 0 Å². The summed E-state index contributed by atoms with van der Waals surface area (Å²) in [5.41, 5.74) is -1.07. The number of carbonyl (C=O) groups is 2. The van der Waals surface area contributed by atoms with E-state index in [4.69, 9.17) is 16.3 Å². The number of carbonyl (C=O) groups excluding carboxylic acids is 2. The van der Waals surface area contributed by atoms with Gasteiger partial charge in [-0.1, -0.05) is 18.5 Å². The SMILES string of the molecule is CCN1CCOC(=O)[C@H]1CC(=O)Nc1ccc(Cl)c(C(F)(F)F)c1. The molecule has 0 bridgehead atoms. The first-order chi connectivity index (χ1) is 11.2. The van der Waals surface area contributed by atoms with Gasteiger partial charge < -0.3 is 10.1 Å². The lowest BCUT2D eigenvalue weighted by molar-refractivity contribution is -0.158. The summed E-state index contributed by atoms with van der Waals surface area (Å²) in [5.74, 6) is -1.09. The van der Waals surface area contributed by atoms with Crippen LogP contribution in [0.1, 0.15) is 18.9 Å². The Hall–Kier alpha value is -1.80. The maximum atomic E-state index is 12.8. The first-order valence-electron chi connectivity index (χ1n) is 7.29. The molecule has 0 aliphatic carbocycles. The van der Waals surface area contributed by atoms with Gasteiger partial charge >= 0.3 is 12.1 Å². The molecule has 1 aliphatic rings. The molecule has 1 aliphatic heterocycles. The fraction of sp³-hybridized carbons (Fsp3) is 0.467. The van der Waals surface area contributed by atoms with Crippen molar-refractivity contribution in [1.29, 1.82) is 0 Å². The molecule has 0 unspecified atom stereocenters. The number of ether oxygens (including phenoxy) is 1. The number of alkyl halides is 3. The lowest BCUT2D eigenvalue weighted by Gasteiger charge is -2.32. The zero-order valence-electron chi connectivity index (χ0n) is 12.8. The molecule has 0 saturated carbocycles. The third kappa shape index (κ3) is 4.39. The Labute approximate surface area is 141 Å². The maximum absolute atomic E-state index is 12.8. The van der Waals surface area contributed by atoms with Gasteiger partial charge in [-0.25, -0.2) is 0 Å². The molecule has 1 N–H and O–H groups in total. The van der Waals surface area contributed by atoms with Crippen LogP contribution < -0.4 is 5.32 Å². The van der Waals surface area contributed by atoms with Crippen molar-refractivity contribution in [2.75, 3.05) is 25.0 Å². The molecule has 1 heterocycles.